The molecular weight excluding hydrogens is 262 g/mol. The molecular formula is C17H15N3O. The number of aliphatic imine (C=N–C) groups is 1. The molecule has 21 heavy (non-hydrogen) atoms. The molecule has 4 nitrogen and oxygen atoms in total. The standard InChI is InChI=1S/C17H15N3O/c1-12-17(20-19-14-8-4-3-5-9-14)13(2)21-16-11-7-6-10-15(16)18-12/h3-11H,1-2H3. The molecule has 1 heterocycles. The van der Waals surface area contributed by atoms with Gasteiger partial charge in [-0.05, 0) is 38.1 Å². The molecule has 0 fully saturated rings. The molecule has 2 aromatic carbocycles. The minimum absolute atomic E-state index is 0.662. The second-order valence-corrected chi connectivity index (χ2v) is 4.71. The van der Waals surface area contributed by atoms with Crippen LogP contribution in [0.3, 0.4) is 0 Å². The van der Waals surface area contributed by atoms with Gasteiger partial charge in [0.1, 0.15) is 17.1 Å². The lowest BCUT2D eigenvalue weighted by Gasteiger charge is -2.06. The number of allylic oxidation sites excluding steroid dienone is 2. The van der Waals surface area contributed by atoms with Crippen LogP contribution in [0.25, 0.3) is 0 Å². The highest BCUT2D eigenvalue weighted by Gasteiger charge is 2.15. The Hall–Kier alpha value is -2.75. The highest BCUT2D eigenvalue weighted by molar-refractivity contribution is 6.00. The molecule has 0 aromatic heterocycles. The third-order valence-electron chi connectivity index (χ3n) is 3.11. The number of hydrogen-bond donors (Lipinski definition) is 0. The topological polar surface area (TPSA) is 46.3 Å². The molecule has 0 N–H and O–H groups in total. The number of nitrogens with zero attached hydrogens (tertiary/aromatic N) is 3. The fourth-order valence-electron chi connectivity index (χ4n) is 2.08. The lowest BCUT2D eigenvalue weighted by molar-refractivity contribution is 0.426. The lowest BCUT2D eigenvalue weighted by atomic mass is 10.2. The van der Waals surface area contributed by atoms with E-state index in [4.69, 9.17) is 4.74 Å². The number of fused-ring (bicyclic) bond motifs is 1. The third kappa shape index (κ3) is 2.89. The van der Waals surface area contributed by atoms with Crippen molar-refractivity contribution < 1.29 is 4.74 Å². The Labute approximate surface area is 123 Å². The van der Waals surface area contributed by atoms with Gasteiger partial charge in [-0.25, -0.2) is 4.99 Å². The highest BCUT2D eigenvalue weighted by atomic mass is 16.5. The van der Waals surface area contributed by atoms with Gasteiger partial charge in [-0.2, -0.15) is 5.11 Å². The maximum Gasteiger partial charge on any atom is 0.152 e. The van der Waals surface area contributed by atoms with Crippen LogP contribution < -0.4 is 4.74 Å². The van der Waals surface area contributed by atoms with Crippen LogP contribution in [0.15, 0.2) is 81.3 Å². The summed E-state index contributed by atoms with van der Waals surface area (Å²) in [6, 6.07) is 17.3. The molecule has 0 saturated carbocycles. The maximum atomic E-state index is 5.84. The van der Waals surface area contributed by atoms with E-state index >= 15 is 0 Å². The molecule has 1 aliphatic rings. The first-order chi connectivity index (χ1) is 10.2. The molecule has 3 rings (SSSR count). The van der Waals surface area contributed by atoms with Gasteiger partial charge in [0.15, 0.2) is 5.75 Å². The summed E-state index contributed by atoms with van der Waals surface area (Å²) in [5.41, 5.74) is 3.05. The van der Waals surface area contributed by atoms with Crippen LogP contribution in [0, 0.1) is 0 Å². The molecule has 0 spiro atoms. The Kier molecular flexibility index (Phi) is 3.60. The van der Waals surface area contributed by atoms with Gasteiger partial charge < -0.3 is 4.74 Å². The number of ether oxygens (including phenoxy) is 1. The molecule has 0 atom stereocenters. The zero-order valence-corrected chi connectivity index (χ0v) is 11.9. The smallest absolute Gasteiger partial charge is 0.152 e. The second kappa shape index (κ2) is 5.71. The zero-order valence-electron chi connectivity index (χ0n) is 11.9. The van der Waals surface area contributed by atoms with E-state index in [1.165, 1.54) is 0 Å². The fourth-order valence-corrected chi connectivity index (χ4v) is 2.08. The van der Waals surface area contributed by atoms with Gasteiger partial charge in [0, 0.05) is 0 Å². The molecule has 0 aliphatic carbocycles. The number of para-hydroxylation sites is 2. The summed E-state index contributed by atoms with van der Waals surface area (Å²) in [5, 5.41) is 8.55. The summed E-state index contributed by atoms with van der Waals surface area (Å²) < 4.78 is 5.84. The van der Waals surface area contributed by atoms with Crippen LogP contribution in [0.5, 0.6) is 5.75 Å². The lowest BCUT2D eigenvalue weighted by Crippen LogP contribution is -1.99. The predicted molar refractivity (Wildman–Crippen MR) is 83.5 cm³/mol. The summed E-state index contributed by atoms with van der Waals surface area (Å²) in [4.78, 5) is 4.56. The van der Waals surface area contributed by atoms with Crippen molar-refractivity contribution in [2.24, 2.45) is 15.2 Å². The van der Waals surface area contributed by atoms with Crippen molar-refractivity contribution >= 4 is 17.1 Å². The van der Waals surface area contributed by atoms with Gasteiger partial charge in [0.25, 0.3) is 0 Å². The molecule has 4 heteroatoms. The first-order valence-corrected chi connectivity index (χ1v) is 6.74. The molecule has 0 amide bonds. The van der Waals surface area contributed by atoms with Gasteiger partial charge in [-0.15, -0.1) is 5.11 Å². The Morgan fingerprint density at radius 1 is 0.857 bits per heavy atom. The van der Waals surface area contributed by atoms with E-state index in [-0.39, 0.29) is 0 Å². The van der Waals surface area contributed by atoms with Crippen LogP contribution in [0.4, 0.5) is 11.4 Å². The Balaban J connectivity index is 1.97. The van der Waals surface area contributed by atoms with E-state index in [1.54, 1.807) is 0 Å². The first-order valence-electron chi connectivity index (χ1n) is 6.74. The van der Waals surface area contributed by atoms with Crippen molar-refractivity contribution in [1.29, 1.82) is 0 Å². The Bertz CT molecular complexity index is 746. The molecule has 0 bridgehead atoms. The molecule has 1 aliphatic heterocycles. The second-order valence-electron chi connectivity index (χ2n) is 4.71. The fraction of sp³-hybridized carbons (Fsp3) is 0.118. The summed E-state index contributed by atoms with van der Waals surface area (Å²) in [5.74, 6) is 1.43. The molecule has 0 radical (unpaired) electrons. The minimum atomic E-state index is 0.662. The van der Waals surface area contributed by atoms with E-state index in [0.717, 1.165) is 22.8 Å². The van der Waals surface area contributed by atoms with Gasteiger partial charge in [0.2, 0.25) is 0 Å². The van der Waals surface area contributed by atoms with Crippen LogP contribution in [-0.2, 0) is 0 Å². The zero-order chi connectivity index (χ0) is 14.7. The Morgan fingerprint density at radius 2 is 1.57 bits per heavy atom. The quantitative estimate of drug-likeness (QED) is 0.697. The number of rotatable bonds is 2. The minimum Gasteiger partial charge on any atom is -0.457 e. The Morgan fingerprint density at radius 3 is 2.38 bits per heavy atom. The monoisotopic (exact) mass is 277 g/mol. The predicted octanol–water partition coefficient (Wildman–Crippen LogP) is 5.19. The number of azo groups is 1. The molecule has 0 saturated heterocycles. The largest absolute Gasteiger partial charge is 0.457 e. The average molecular weight is 277 g/mol. The molecule has 2 aromatic rings. The first kappa shape index (κ1) is 13.2. The van der Waals surface area contributed by atoms with E-state index < -0.39 is 0 Å². The number of hydrogen-bond acceptors (Lipinski definition) is 4. The highest BCUT2D eigenvalue weighted by Crippen LogP contribution is 2.33. The summed E-state index contributed by atoms with van der Waals surface area (Å²) in [7, 11) is 0. The van der Waals surface area contributed by atoms with Crippen LogP contribution in [0.1, 0.15) is 13.8 Å². The van der Waals surface area contributed by atoms with Crippen LogP contribution >= 0.6 is 0 Å². The molecule has 0 unspecified atom stereocenters. The average Bonchev–Trinajstić information content (AvgIpc) is 2.62. The van der Waals surface area contributed by atoms with Gasteiger partial charge >= 0.3 is 0 Å². The van der Waals surface area contributed by atoms with Crippen molar-refractivity contribution in [3.05, 3.63) is 66.1 Å². The van der Waals surface area contributed by atoms with Crippen molar-refractivity contribution in [1.82, 2.24) is 0 Å². The van der Waals surface area contributed by atoms with Gasteiger partial charge in [-0.3, -0.25) is 0 Å². The van der Waals surface area contributed by atoms with Crippen molar-refractivity contribution in [3.63, 3.8) is 0 Å². The van der Waals surface area contributed by atoms with Crippen LogP contribution in [0.2, 0.25) is 0 Å². The SMILES string of the molecule is CC1=Nc2ccccc2OC(C)=C1N=Nc1ccccc1. The van der Waals surface area contributed by atoms with Crippen LogP contribution in [-0.4, -0.2) is 5.71 Å². The summed E-state index contributed by atoms with van der Waals surface area (Å²) >= 11 is 0. The van der Waals surface area contributed by atoms with E-state index in [0.29, 0.717) is 11.5 Å². The van der Waals surface area contributed by atoms with Crippen molar-refractivity contribution in [2.75, 3.05) is 0 Å². The van der Waals surface area contributed by atoms with Gasteiger partial charge in [0.05, 0.1) is 11.4 Å². The normalized spacial score (nSPS) is 14.5. The molecule has 104 valence electrons. The third-order valence-corrected chi connectivity index (χ3v) is 3.11. The van der Waals surface area contributed by atoms with E-state index in [9.17, 15) is 0 Å². The van der Waals surface area contributed by atoms with Gasteiger partial charge in [-0.1, -0.05) is 30.3 Å². The van der Waals surface area contributed by atoms with Crippen molar-refractivity contribution in [2.45, 2.75) is 13.8 Å². The number of benzene rings is 2. The summed E-state index contributed by atoms with van der Waals surface area (Å²) in [6.45, 7) is 3.79. The van der Waals surface area contributed by atoms with E-state index in [2.05, 4.69) is 15.2 Å². The summed E-state index contributed by atoms with van der Waals surface area (Å²) in [6.07, 6.45) is 0. The van der Waals surface area contributed by atoms with E-state index in [1.807, 2.05) is 68.4 Å². The van der Waals surface area contributed by atoms with Crippen molar-refractivity contribution in [3.8, 4) is 5.75 Å². The maximum absolute atomic E-state index is 5.84.